The molecule has 86 valence electrons. The highest BCUT2D eigenvalue weighted by atomic mass is 79.9. The summed E-state index contributed by atoms with van der Waals surface area (Å²) in [5.74, 6) is -0.713. The van der Waals surface area contributed by atoms with E-state index in [1.54, 1.807) is 0 Å². The van der Waals surface area contributed by atoms with Crippen molar-refractivity contribution in [2.75, 3.05) is 11.9 Å². The highest BCUT2D eigenvalue weighted by Crippen LogP contribution is 2.30. The predicted octanol–water partition coefficient (Wildman–Crippen LogP) is 3.71. The van der Waals surface area contributed by atoms with Crippen molar-refractivity contribution in [3.8, 4) is 0 Å². The molecular formula is C9H7BrClFN2O2. The van der Waals surface area contributed by atoms with Crippen molar-refractivity contribution in [3.63, 3.8) is 0 Å². The number of nitrogens with one attached hydrogen (secondary N) is 1. The summed E-state index contributed by atoms with van der Waals surface area (Å²) in [6, 6.07) is 1.95. The predicted molar refractivity (Wildman–Crippen MR) is 64.6 cm³/mol. The smallest absolute Gasteiger partial charge is 0.294 e. The Hall–Kier alpha value is -1.14. The molecule has 0 saturated heterocycles. The van der Waals surface area contributed by atoms with Crippen molar-refractivity contribution >= 4 is 38.9 Å². The molecule has 0 heterocycles. The molecule has 7 heteroatoms. The summed E-state index contributed by atoms with van der Waals surface area (Å²) in [7, 11) is 0. The van der Waals surface area contributed by atoms with E-state index in [0.717, 1.165) is 12.1 Å². The van der Waals surface area contributed by atoms with Gasteiger partial charge in [0.2, 0.25) is 0 Å². The minimum absolute atomic E-state index is 0.0625. The maximum atomic E-state index is 13.1. The maximum Gasteiger partial charge on any atom is 0.294 e. The third-order valence-corrected chi connectivity index (χ3v) is 2.28. The number of benzene rings is 1. The van der Waals surface area contributed by atoms with E-state index in [2.05, 4.69) is 27.8 Å². The van der Waals surface area contributed by atoms with Crippen LogP contribution in [0.5, 0.6) is 0 Å². The molecule has 16 heavy (non-hydrogen) atoms. The van der Waals surface area contributed by atoms with Crippen molar-refractivity contribution in [2.45, 2.75) is 0 Å². The lowest BCUT2D eigenvalue weighted by molar-refractivity contribution is -0.384. The molecule has 1 aromatic carbocycles. The standard InChI is InChI=1S/C9H7BrClFN2O2/c1-5(10)4-13-8-3-7(12)6(11)2-9(8)14(15)16/h2-3,13H,1,4H2. The number of rotatable bonds is 4. The molecule has 0 aliphatic carbocycles. The number of nitrogens with zero attached hydrogens (tertiary/aromatic N) is 1. The first-order valence-electron chi connectivity index (χ1n) is 4.12. The van der Waals surface area contributed by atoms with Crippen LogP contribution in [0.15, 0.2) is 23.2 Å². The number of nitro groups is 1. The first kappa shape index (κ1) is 12.9. The largest absolute Gasteiger partial charge is 0.375 e. The second-order valence-corrected chi connectivity index (χ2v) is 4.44. The fourth-order valence-corrected chi connectivity index (χ4v) is 1.32. The van der Waals surface area contributed by atoms with E-state index in [1.807, 2.05) is 0 Å². The highest BCUT2D eigenvalue weighted by Gasteiger charge is 2.17. The Morgan fingerprint density at radius 1 is 1.69 bits per heavy atom. The van der Waals surface area contributed by atoms with Crippen LogP contribution in [0, 0.1) is 15.9 Å². The molecule has 0 aromatic heterocycles. The lowest BCUT2D eigenvalue weighted by Crippen LogP contribution is -2.04. The molecule has 0 unspecified atom stereocenters. The van der Waals surface area contributed by atoms with Gasteiger partial charge < -0.3 is 5.32 Å². The first-order valence-corrected chi connectivity index (χ1v) is 5.29. The van der Waals surface area contributed by atoms with Gasteiger partial charge >= 0.3 is 0 Å². The number of hydrogen-bond acceptors (Lipinski definition) is 3. The van der Waals surface area contributed by atoms with Gasteiger partial charge in [-0.3, -0.25) is 10.1 Å². The SMILES string of the molecule is C=C(Br)CNc1cc(F)c(Cl)cc1[N+](=O)[O-]. The zero-order valence-corrected chi connectivity index (χ0v) is 10.3. The van der Waals surface area contributed by atoms with Crippen molar-refractivity contribution < 1.29 is 9.31 Å². The molecule has 0 radical (unpaired) electrons. The lowest BCUT2D eigenvalue weighted by atomic mass is 10.2. The van der Waals surface area contributed by atoms with Crippen LogP contribution in [0.4, 0.5) is 15.8 Å². The minimum atomic E-state index is -0.713. The summed E-state index contributed by atoms with van der Waals surface area (Å²) in [5, 5.41) is 13.1. The minimum Gasteiger partial charge on any atom is -0.375 e. The topological polar surface area (TPSA) is 55.2 Å². The fourth-order valence-electron chi connectivity index (χ4n) is 1.02. The quantitative estimate of drug-likeness (QED) is 0.681. The molecule has 0 bridgehead atoms. The zero-order chi connectivity index (χ0) is 12.3. The number of nitro benzene ring substituents is 1. The van der Waals surface area contributed by atoms with E-state index < -0.39 is 10.7 Å². The Balaban J connectivity index is 3.09. The van der Waals surface area contributed by atoms with E-state index in [4.69, 9.17) is 11.6 Å². The number of hydrogen-bond donors (Lipinski definition) is 1. The molecule has 0 atom stereocenters. The average Bonchev–Trinajstić information content (AvgIpc) is 2.18. The Bertz CT molecular complexity index is 453. The molecule has 0 aliphatic heterocycles. The van der Waals surface area contributed by atoms with Gasteiger partial charge in [-0.2, -0.15) is 0 Å². The van der Waals surface area contributed by atoms with Crippen LogP contribution in [-0.4, -0.2) is 11.5 Å². The molecule has 0 aliphatic rings. The first-order chi connectivity index (χ1) is 7.41. The van der Waals surface area contributed by atoms with E-state index in [9.17, 15) is 14.5 Å². The number of halogens is 3. The third kappa shape index (κ3) is 3.18. The molecule has 0 fully saturated rings. The second kappa shape index (κ2) is 5.27. The second-order valence-electron chi connectivity index (χ2n) is 2.91. The summed E-state index contributed by atoms with van der Waals surface area (Å²) in [4.78, 5) is 10.0. The zero-order valence-electron chi connectivity index (χ0n) is 7.97. The molecular weight excluding hydrogens is 302 g/mol. The molecule has 1 rings (SSSR count). The van der Waals surface area contributed by atoms with Gasteiger partial charge in [-0.1, -0.05) is 34.1 Å². The van der Waals surface area contributed by atoms with Gasteiger partial charge in [0.25, 0.3) is 5.69 Å². The summed E-state index contributed by atoms with van der Waals surface area (Å²) in [6.07, 6.45) is 0. The average molecular weight is 310 g/mol. The molecule has 4 nitrogen and oxygen atoms in total. The van der Waals surface area contributed by atoms with Gasteiger partial charge in [0.15, 0.2) is 0 Å². The van der Waals surface area contributed by atoms with E-state index in [-0.39, 0.29) is 22.9 Å². The lowest BCUT2D eigenvalue weighted by Gasteiger charge is -2.06. The molecule has 0 spiro atoms. The molecule has 0 saturated carbocycles. The van der Waals surface area contributed by atoms with Crippen LogP contribution in [-0.2, 0) is 0 Å². The van der Waals surface area contributed by atoms with Crippen molar-refractivity contribution in [3.05, 3.63) is 44.1 Å². The highest BCUT2D eigenvalue weighted by molar-refractivity contribution is 9.11. The monoisotopic (exact) mass is 308 g/mol. The summed E-state index contributed by atoms with van der Waals surface area (Å²) in [6.45, 7) is 3.80. The van der Waals surface area contributed by atoms with Gasteiger partial charge in [-0.15, -0.1) is 0 Å². The van der Waals surface area contributed by atoms with Crippen LogP contribution in [0.25, 0.3) is 0 Å². The maximum absolute atomic E-state index is 13.1. The molecule has 1 N–H and O–H groups in total. The number of anilines is 1. The van der Waals surface area contributed by atoms with Crippen LogP contribution >= 0.6 is 27.5 Å². The van der Waals surface area contributed by atoms with Crippen molar-refractivity contribution in [2.24, 2.45) is 0 Å². The molecule has 1 aromatic rings. The third-order valence-electron chi connectivity index (χ3n) is 1.71. The summed E-state index contributed by atoms with van der Waals surface area (Å²) >= 11 is 8.54. The Labute approximate surface area is 104 Å². The van der Waals surface area contributed by atoms with E-state index in [1.165, 1.54) is 0 Å². The van der Waals surface area contributed by atoms with Crippen LogP contribution in [0.1, 0.15) is 0 Å². The van der Waals surface area contributed by atoms with Gasteiger partial charge in [0, 0.05) is 23.2 Å². The van der Waals surface area contributed by atoms with E-state index in [0.29, 0.717) is 4.48 Å². The van der Waals surface area contributed by atoms with Gasteiger partial charge in [-0.05, 0) is 0 Å². The van der Waals surface area contributed by atoms with Crippen molar-refractivity contribution in [1.82, 2.24) is 0 Å². The van der Waals surface area contributed by atoms with Crippen molar-refractivity contribution in [1.29, 1.82) is 0 Å². The van der Waals surface area contributed by atoms with Crippen LogP contribution in [0.3, 0.4) is 0 Å². The Morgan fingerprint density at radius 2 is 2.31 bits per heavy atom. The summed E-state index contributed by atoms with van der Waals surface area (Å²) in [5.41, 5.74) is -0.215. The Kier molecular flexibility index (Phi) is 4.26. The normalized spacial score (nSPS) is 9.94. The van der Waals surface area contributed by atoms with Crippen LogP contribution < -0.4 is 5.32 Å². The Morgan fingerprint density at radius 3 is 2.81 bits per heavy atom. The van der Waals surface area contributed by atoms with Gasteiger partial charge in [0.1, 0.15) is 11.5 Å². The fraction of sp³-hybridized carbons (Fsp3) is 0.111. The van der Waals surface area contributed by atoms with E-state index >= 15 is 0 Å². The van der Waals surface area contributed by atoms with Crippen LogP contribution in [0.2, 0.25) is 5.02 Å². The van der Waals surface area contributed by atoms with Gasteiger partial charge in [0.05, 0.1) is 9.95 Å². The van der Waals surface area contributed by atoms with Gasteiger partial charge in [-0.25, -0.2) is 4.39 Å². The summed E-state index contributed by atoms with van der Waals surface area (Å²) < 4.78 is 13.7. The molecule has 0 amide bonds.